The lowest BCUT2D eigenvalue weighted by atomic mass is 9.93. The minimum atomic E-state index is 0.700. The summed E-state index contributed by atoms with van der Waals surface area (Å²) >= 11 is 3.71. The van der Waals surface area contributed by atoms with Gasteiger partial charge < -0.3 is 4.90 Å². The highest BCUT2D eigenvalue weighted by Crippen LogP contribution is 2.26. The predicted molar refractivity (Wildman–Crippen MR) is 67.1 cm³/mol. The minimum Gasteiger partial charge on any atom is -0.301 e. The molecule has 0 aromatic heterocycles. The summed E-state index contributed by atoms with van der Waals surface area (Å²) in [4.78, 5) is 3.36. The van der Waals surface area contributed by atoms with Crippen LogP contribution in [-0.2, 0) is 0 Å². The first-order chi connectivity index (χ1) is 6.65. The fourth-order valence-corrected chi connectivity index (χ4v) is 2.95. The highest BCUT2D eigenvalue weighted by Gasteiger charge is 2.24. The van der Waals surface area contributed by atoms with Crippen LogP contribution in [0, 0.1) is 5.92 Å². The average molecular weight is 262 g/mol. The van der Waals surface area contributed by atoms with Crippen LogP contribution in [0.5, 0.6) is 0 Å². The molecule has 0 aliphatic carbocycles. The van der Waals surface area contributed by atoms with Crippen LogP contribution in [0.25, 0.3) is 0 Å². The molecule has 14 heavy (non-hydrogen) atoms. The zero-order valence-corrected chi connectivity index (χ0v) is 11.4. The number of nitrogens with zero attached hydrogens (tertiary/aromatic N) is 1. The summed E-state index contributed by atoms with van der Waals surface area (Å²) < 4.78 is 0. The fourth-order valence-electron chi connectivity index (χ4n) is 2.42. The quantitative estimate of drug-likeness (QED) is 0.699. The Morgan fingerprint density at radius 1 is 1.29 bits per heavy atom. The Kier molecular flexibility index (Phi) is 5.47. The van der Waals surface area contributed by atoms with Crippen molar-refractivity contribution in [2.24, 2.45) is 5.92 Å². The lowest BCUT2D eigenvalue weighted by Crippen LogP contribution is -2.41. The molecule has 2 heteroatoms. The lowest BCUT2D eigenvalue weighted by Gasteiger charge is -2.37. The summed E-state index contributed by atoms with van der Waals surface area (Å²) in [5, 5.41) is 0. The maximum absolute atomic E-state index is 3.71. The van der Waals surface area contributed by atoms with Gasteiger partial charge in [0.25, 0.3) is 0 Å². The van der Waals surface area contributed by atoms with Gasteiger partial charge in [-0.05, 0) is 45.2 Å². The number of hydrogen-bond acceptors (Lipinski definition) is 1. The van der Waals surface area contributed by atoms with Gasteiger partial charge in [0, 0.05) is 10.9 Å². The SMILES string of the molecule is CCCC(C)N1CCC(C(C)Br)CC1. The summed E-state index contributed by atoms with van der Waals surface area (Å²) in [6.45, 7) is 9.56. The molecule has 0 bridgehead atoms. The second-order valence-corrected chi connectivity index (χ2v) is 6.13. The van der Waals surface area contributed by atoms with Gasteiger partial charge in [0.05, 0.1) is 0 Å². The largest absolute Gasteiger partial charge is 0.301 e. The van der Waals surface area contributed by atoms with Gasteiger partial charge in [-0.1, -0.05) is 36.2 Å². The summed E-state index contributed by atoms with van der Waals surface area (Å²) in [5.41, 5.74) is 0. The van der Waals surface area contributed by atoms with Crippen LogP contribution in [0.2, 0.25) is 0 Å². The monoisotopic (exact) mass is 261 g/mol. The molecule has 1 aliphatic heterocycles. The third kappa shape index (κ3) is 3.54. The molecule has 2 unspecified atom stereocenters. The van der Waals surface area contributed by atoms with Gasteiger partial charge in [-0.15, -0.1) is 0 Å². The van der Waals surface area contributed by atoms with Crippen molar-refractivity contribution in [2.45, 2.75) is 57.3 Å². The molecule has 0 saturated carbocycles. The Morgan fingerprint density at radius 3 is 2.29 bits per heavy atom. The molecule has 1 nitrogen and oxygen atoms in total. The van der Waals surface area contributed by atoms with Crippen LogP contribution in [0.15, 0.2) is 0 Å². The highest BCUT2D eigenvalue weighted by atomic mass is 79.9. The molecular formula is C12H24BrN. The van der Waals surface area contributed by atoms with Crippen LogP contribution in [0.3, 0.4) is 0 Å². The Labute approximate surface area is 97.4 Å². The number of likely N-dealkylation sites (tertiary alicyclic amines) is 1. The van der Waals surface area contributed by atoms with E-state index >= 15 is 0 Å². The molecule has 84 valence electrons. The lowest BCUT2D eigenvalue weighted by molar-refractivity contribution is 0.135. The summed E-state index contributed by atoms with van der Waals surface area (Å²) in [6, 6.07) is 0.798. The maximum atomic E-state index is 3.71. The van der Waals surface area contributed by atoms with E-state index in [0.717, 1.165) is 12.0 Å². The van der Waals surface area contributed by atoms with Crippen molar-refractivity contribution in [1.82, 2.24) is 4.90 Å². The normalized spacial score (nSPS) is 24.9. The van der Waals surface area contributed by atoms with Gasteiger partial charge in [0.1, 0.15) is 0 Å². The fraction of sp³-hybridized carbons (Fsp3) is 1.00. The molecule has 1 heterocycles. The number of alkyl halides is 1. The van der Waals surface area contributed by atoms with E-state index in [1.54, 1.807) is 0 Å². The number of rotatable bonds is 4. The smallest absolute Gasteiger partial charge is 0.0146 e. The van der Waals surface area contributed by atoms with Crippen LogP contribution < -0.4 is 0 Å². The van der Waals surface area contributed by atoms with Gasteiger partial charge in [-0.3, -0.25) is 0 Å². The summed E-state index contributed by atoms with van der Waals surface area (Å²) in [7, 11) is 0. The minimum absolute atomic E-state index is 0.700. The molecule has 0 aromatic rings. The van der Waals surface area contributed by atoms with E-state index in [2.05, 4.69) is 41.6 Å². The molecule has 0 aromatic carbocycles. The number of halogens is 1. The molecule has 1 saturated heterocycles. The first kappa shape index (κ1) is 12.5. The summed E-state index contributed by atoms with van der Waals surface area (Å²) in [5.74, 6) is 0.903. The maximum Gasteiger partial charge on any atom is 0.0146 e. The van der Waals surface area contributed by atoms with E-state index in [9.17, 15) is 0 Å². The topological polar surface area (TPSA) is 3.24 Å². The van der Waals surface area contributed by atoms with Crippen LogP contribution in [-0.4, -0.2) is 28.9 Å². The van der Waals surface area contributed by atoms with Gasteiger partial charge >= 0.3 is 0 Å². The highest BCUT2D eigenvalue weighted by molar-refractivity contribution is 9.09. The zero-order chi connectivity index (χ0) is 10.6. The van der Waals surface area contributed by atoms with Gasteiger partial charge in [-0.2, -0.15) is 0 Å². The molecule has 1 rings (SSSR count). The van der Waals surface area contributed by atoms with E-state index in [1.807, 2.05) is 0 Å². The van der Waals surface area contributed by atoms with Crippen molar-refractivity contribution in [3.8, 4) is 0 Å². The summed E-state index contributed by atoms with van der Waals surface area (Å²) in [6.07, 6.45) is 5.42. The first-order valence-corrected chi connectivity index (χ1v) is 6.94. The molecule has 0 amide bonds. The second kappa shape index (κ2) is 6.12. The van der Waals surface area contributed by atoms with E-state index < -0.39 is 0 Å². The molecule has 0 N–H and O–H groups in total. The predicted octanol–water partition coefficient (Wildman–Crippen LogP) is 3.67. The molecular weight excluding hydrogens is 238 g/mol. The van der Waals surface area contributed by atoms with Gasteiger partial charge in [0.15, 0.2) is 0 Å². The van der Waals surface area contributed by atoms with E-state index in [4.69, 9.17) is 0 Å². The Bertz CT molecular complexity index is 150. The molecule has 1 fully saturated rings. The third-order valence-corrected chi connectivity index (χ3v) is 4.30. The average Bonchev–Trinajstić information content (AvgIpc) is 2.18. The Balaban J connectivity index is 2.28. The van der Waals surface area contributed by atoms with E-state index in [0.29, 0.717) is 4.83 Å². The van der Waals surface area contributed by atoms with Crippen molar-refractivity contribution in [3.05, 3.63) is 0 Å². The third-order valence-electron chi connectivity index (χ3n) is 3.55. The molecule has 0 radical (unpaired) electrons. The van der Waals surface area contributed by atoms with Gasteiger partial charge in [-0.25, -0.2) is 0 Å². The first-order valence-electron chi connectivity index (χ1n) is 6.03. The van der Waals surface area contributed by atoms with E-state index in [1.165, 1.54) is 38.8 Å². The van der Waals surface area contributed by atoms with Gasteiger partial charge in [0.2, 0.25) is 0 Å². The van der Waals surface area contributed by atoms with Crippen LogP contribution in [0.4, 0.5) is 0 Å². The Hall–Kier alpha value is 0.440. The Morgan fingerprint density at radius 2 is 1.86 bits per heavy atom. The number of hydrogen-bond donors (Lipinski definition) is 0. The van der Waals surface area contributed by atoms with Crippen LogP contribution >= 0.6 is 15.9 Å². The van der Waals surface area contributed by atoms with Crippen molar-refractivity contribution in [2.75, 3.05) is 13.1 Å². The van der Waals surface area contributed by atoms with Crippen molar-refractivity contribution in [1.29, 1.82) is 0 Å². The molecule has 1 aliphatic rings. The molecule has 2 atom stereocenters. The van der Waals surface area contributed by atoms with Crippen molar-refractivity contribution < 1.29 is 0 Å². The number of piperidine rings is 1. The van der Waals surface area contributed by atoms with Crippen molar-refractivity contribution in [3.63, 3.8) is 0 Å². The standard InChI is InChI=1S/C12H24BrN/c1-4-5-10(2)14-8-6-12(7-9-14)11(3)13/h10-12H,4-9H2,1-3H3. The van der Waals surface area contributed by atoms with Crippen LogP contribution in [0.1, 0.15) is 46.5 Å². The van der Waals surface area contributed by atoms with E-state index in [-0.39, 0.29) is 0 Å². The van der Waals surface area contributed by atoms with Crippen molar-refractivity contribution >= 4 is 15.9 Å². The molecule has 0 spiro atoms. The zero-order valence-electron chi connectivity index (χ0n) is 9.80. The second-order valence-electron chi connectivity index (χ2n) is 4.69.